The monoisotopic (exact) mass is 303 g/mol. The van der Waals surface area contributed by atoms with Crippen molar-refractivity contribution in [2.75, 3.05) is 0 Å². The molecule has 0 radical (unpaired) electrons. The number of halogens is 1. The first kappa shape index (κ1) is 12.5. The fourth-order valence-electron chi connectivity index (χ4n) is 1.60. The Morgan fingerprint density at radius 2 is 2.17 bits per heavy atom. The summed E-state index contributed by atoms with van der Waals surface area (Å²) < 4.78 is 2.29. The third-order valence-electron chi connectivity index (χ3n) is 2.58. The molecule has 0 unspecified atom stereocenters. The molecule has 90 valence electrons. The summed E-state index contributed by atoms with van der Waals surface area (Å²) in [6.07, 6.45) is 0. The van der Waals surface area contributed by atoms with Crippen molar-refractivity contribution in [3.63, 3.8) is 0 Å². The molecule has 1 heterocycles. The van der Waals surface area contributed by atoms with Gasteiger partial charge in [-0.2, -0.15) is 10.4 Å². The molecule has 0 saturated carbocycles. The van der Waals surface area contributed by atoms with Crippen LogP contribution >= 0.6 is 15.9 Å². The van der Waals surface area contributed by atoms with Gasteiger partial charge in [0.1, 0.15) is 6.07 Å². The maximum Gasteiger partial charge on any atom is 0.268 e. The Bertz CT molecular complexity index is 685. The Morgan fingerprint density at radius 1 is 1.44 bits per heavy atom. The molecular formula is C13H10BrN3O. The van der Waals surface area contributed by atoms with E-state index in [0.717, 1.165) is 10.0 Å². The Labute approximate surface area is 113 Å². The largest absolute Gasteiger partial charge is 0.268 e. The lowest BCUT2D eigenvalue weighted by atomic mass is 10.2. The van der Waals surface area contributed by atoms with Crippen molar-refractivity contribution < 1.29 is 0 Å². The van der Waals surface area contributed by atoms with Gasteiger partial charge in [0, 0.05) is 10.5 Å². The number of aryl methyl sites for hydroxylation is 1. The first-order chi connectivity index (χ1) is 8.61. The van der Waals surface area contributed by atoms with Crippen LogP contribution in [0, 0.1) is 18.3 Å². The van der Waals surface area contributed by atoms with Crippen LogP contribution in [0.25, 0.3) is 0 Å². The molecule has 0 amide bonds. The molecular weight excluding hydrogens is 294 g/mol. The van der Waals surface area contributed by atoms with E-state index in [4.69, 9.17) is 5.26 Å². The zero-order valence-corrected chi connectivity index (χ0v) is 11.3. The first-order valence-electron chi connectivity index (χ1n) is 5.34. The number of hydrogen-bond donors (Lipinski definition) is 0. The van der Waals surface area contributed by atoms with Crippen molar-refractivity contribution in [3.8, 4) is 6.07 Å². The topological polar surface area (TPSA) is 58.7 Å². The molecule has 2 aromatic rings. The van der Waals surface area contributed by atoms with Gasteiger partial charge in [-0.25, -0.2) is 4.68 Å². The number of aromatic nitrogens is 2. The van der Waals surface area contributed by atoms with Gasteiger partial charge in [-0.1, -0.05) is 34.1 Å². The minimum atomic E-state index is -0.270. The normalized spacial score (nSPS) is 10.1. The van der Waals surface area contributed by atoms with Gasteiger partial charge in [0.05, 0.1) is 17.8 Å². The number of nitrogens with zero attached hydrogens (tertiary/aromatic N) is 3. The zero-order chi connectivity index (χ0) is 13.1. The van der Waals surface area contributed by atoms with Gasteiger partial charge in [0.15, 0.2) is 0 Å². The van der Waals surface area contributed by atoms with E-state index in [1.54, 1.807) is 6.92 Å². The Kier molecular flexibility index (Phi) is 3.58. The minimum Gasteiger partial charge on any atom is -0.268 e. The van der Waals surface area contributed by atoms with Crippen LogP contribution in [-0.4, -0.2) is 9.78 Å². The van der Waals surface area contributed by atoms with E-state index in [1.165, 1.54) is 10.7 Å². The molecule has 0 aliphatic rings. The van der Waals surface area contributed by atoms with Gasteiger partial charge in [0.2, 0.25) is 0 Å². The molecule has 0 N–H and O–H groups in total. The highest BCUT2D eigenvalue weighted by molar-refractivity contribution is 9.10. The van der Waals surface area contributed by atoms with Crippen molar-refractivity contribution >= 4 is 15.9 Å². The lowest BCUT2D eigenvalue weighted by molar-refractivity contribution is 0.625. The fourth-order valence-corrected chi connectivity index (χ4v) is 2.01. The summed E-state index contributed by atoms with van der Waals surface area (Å²) in [4.78, 5) is 11.8. The first-order valence-corrected chi connectivity index (χ1v) is 6.13. The van der Waals surface area contributed by atoms with Crippen LogP contribution < -0.4 is 5.56 Å². The molecule has 0 spiro atoms. The number of rotatable bonds is 2. The predicted octanol–water partition coefficient (Wildman–Crippen LogP) is 2.23. The number of hydrogen-bond acceptors (Lipinski definition) is 3. The molecule has 0 aliphatic heterocycles. The van der Waals surface area contributed by atoms with E-state index >= 15 is 0 Å². The average molecular weight is 304 g/mol. The van der Waals surface area contributed by atoms with Crippen LogP contribution in [0.4, 0.5) is 0 Å². The summed E-state index contributed by atoms with van der Waals surface area (Å²) in [6.45, 7) is 2.10. The molecule has 0 bridgehead atoms. The Hall–Kier alpha value is -1.93. The molecule has 4 nitrogen and oxygen atoms in total. The Balaban J connectivity index is 2.43. The van der Waals surface area contributed by atoms with E-state index in [1.807, 2.05) is 30.3 Å². The van der Waals surface area contributed by atoms with Crippen molar-refractivity contribution in [2.45, 2.75) is 13.5 Å². The summed E-state index contributed by atoms with van der Waals surface area (Å²) in [5.74, 6) is 0. The molecule has 0 saturated heterocycles. The maximum absolute atomic E-state index is 11.8. The minimum absolute atomic E-state index is 0.270. The lowest BCUT2D eigenvalue weighted by Crippen LogP contribution is -2.24. The molecule has 0 fully saturated rings. The molecule has 0 aliphatic carbocycles. The van der Waals surface area contributed by atoms with Gasteiger partial charge in [-0.15, -0.1) is 0 Å². The van der Waals surface area contributed by atoms with E-state index in [9.17, 15) is 4.79 Å². The number of benzene rings is 1. The van der Waals surface area contributed by atoms with Gasteiger partial charge >= 0.3 is 0 Å². The SMILES string of the molecule is Cc1nn(Cc2ccccc2Br)c(=O)cc1C#N. The third kappa shape index (κ3) is 2.49. The fraction of sp³-hybridized carbons (Fsp3) is 0.154. The second-order valence-electron chi connectivity index (χ2n) is 3.84. The van der Waals surface area contributed by atoms with Gasteiger partial charge in [-0.3, -0.25) is 4.79 Å². The summed E-state index contributed by atoms with van der Waals surface area (Å²) >= 11 is 3.43. The Morgan fingerprint density at radius 3 is 2.83 bits per heavy atom. The summed E-state index contributed by atoms with van der Waals surface area (Å²) in [5.41, 5.74) is 1.58. The lowest BCUT2D eigenvalue weighted by Gasteiger charge is -2.07. The zero-order valence-electron chi connectivity index (χ0n) is 9.72. The quantitative estimate of drug-likeness (QED) is 0.855. The standard InChI is InChI=1S/C13H10BrN3O/c1-9-11(7-15)6-13(18)17(16-9)8-10-4-2-3-5-12(10)14/h2-6H,8H2,1H3. The summed E-state index contributed by atoms with van der Waals surface area (Å²) in [5, 5.41) is 13.0. The highest BCUT2D eigenvalue weighted by atomic mass is 79.9. The van der Waals surface area contributed by atoms with Gasteiger partial charge < -0.3 is 0 Å². The average Bonchev–Trinajstić information content (AvgIpc) is 2.36. The summed E-state index contributed by atoms with van der Waals surface area (Å²) in [7, 11) is 0. The third-order valence-corrected chi connectivity index (χ3v) is 3.35. The van der Waals surface area contributed by atoms with Crippen LogP contribution in [0.3, 0.4) is 0 Å². The van der Waals surface area contributed by atoms with E-state index in [0.29, 0.717) is 17.8 Å². The summed E-state index contributed by atoms with van der Waals surface area (Å²) in [6, 6.07) is 10.9. The van der Waals surface area contributed by atoms with Crippen LogP contribution in [0.5, 0.6) is 0 Å². The smallest absolute Gasteiger partial charge is 0.268 e. The molecule has 1 aromatic heterocycles. The van der Waals surface area contributed by atoms with Gasteiger partial charge in [0.25, 0.3) is 5.56 Å². The molecule has 2 rings (SSSR count). The molecule has 18 heavy (non-hydrogen) atoms. The van der Waals surface area contributed by atoms with Gasteiger partial charge in [-0.05, 0) is 18.6 Å². The van der Waals surface area contributed by atoms with E-state index in [-0.39, 0.29) is 5.56 Å². The van der Waals surface area contributed by atoms with Crippen molar-refractivity contribution in [2.24, 2.45) is 0 Å². The van der Waals surface area contributed by atoms with E-state index in [2.05, 4.69) is 21.0 Å². The van der Waals surface area contributed by atoms with Crippen LogP contribution in [0.1, 0.15) is 16.8 Å². The van der Waals surface area contributed by atoms with Crippen LogP contribution in [-0.2, 0) is 6.54 Å². The van der Waals surface area contributed by atoms with Crippen LogP contribution in [0.2, 0.25) is 0 Å². The second kappa shape index (κ2) is 5.15. The van der Waals surface area contributed by atoms with E-state index < -0.39 is 0 Å². The van der Waals surface area contributed by atoms with Crippen molar-refractivity contribution in [1.82, 2.24) is 9.78 Å². The van der Waals surface area contributed by atoms with Crippen molar-refractivity contribution in [1.29, 1.82) is 5.26 Å². The highest BCUT2D eigenvalue weighted by Gasteiger charge is 2.06. The predicted molar refractivity (Wildman–Crippen MR) is 71.2 cm³/mol. The molecule has 5 heteroatoms. The molecule has 1 aromatic carbocycles. The van der Waals surface area contributed by atoms with Crippen LogP contribution in [0.15, 0.2) is 39.6 Å². The van der Waals surface area contributed by atoms with Crippen molar-refractivity contribution in [3.05, 3.63) is 62.0 Å². The maximum atomic E-state index is 11.8. The second-order valence-corrected chi connectivity index (χ2v) is 4.70. The highest BCUT2D eigenvalue weighted by Crippen LogP contribution is 2.16. The number of nitriles is 1. The molecule has 0 atom stereocenters.